The summed E-state index contributed by atoms with van der Waals surface area (Å²) in [5.74, 6) is 2.21. The van der Waals surface area contributed by atoms with E-state index in [9.17, 15) is 26.3 Å². The molecule has 3 rings (SSSR count). The van der Waals surface area contributed by atoms with Crippen molar-refractivity contribution >= 4 is 0 Å². The van der Waals surface area contributed by atoms with Crippen LogP contribution in [0.5, 0.6) is 5.75 Å². The highest BCUT2D eigenvalue weighted by atomic mass is 19.4. The molecule has 0 N–H and O–H groups in total. The maximum atomic E-state index is 14.3. The molecule has 0 saturated carbocycles. The van der Waals surface area contributed by atoms with Crippen molar-refractivity contribution in [2.45, 2.75) is 6.36 Å². The minimum atomic E-state index is -4.78. The first-order valence-corrected chi connectivity index (χ1v) is 7.84. The molecule has 7 heteroatoms. The molecule has 0 amide bonds. The summed E-state index contributed by atoms with van der Waals surface area (Å²) in [5.41, 5.74) is 0.966. The zero-order valence-corrected chi connectivity index (χ0v) is 13.9. The Morgan fingerprint density at radius 1 is 0.643 bits per heavy atom. The minimum absolute atomic E-state index is 0.0816. The van der Waals surface area contributed by atoms with Crippen LogP contribution in [0.15, 0.2) is 60.7 Å². The van der Waals surface area contributed by atoms with Gasteiger partial charge in [-0.25, -0.2) is 13.2 Å². The number of benzene rings is 3. The number of hydrogen-bond donors (Lipinski definition) is 0. The quantitative estimate of drug-likeness (QED) is 0.380. The number of halogens is 6. The molecular formula is C21H10F6O. The molecule has 3 aromatic rings. The number of rotatable bonds is 2. The lowest BCUT2D eigenvalue weighted by molar-refractivity contribution is -0.274. The molecule has 0 aliphatic heterocycles. The Kier molecular flexibility index (Phi) is 5.32. The molecule has 0 fully saturated rings. The van der Waals surface area contributed by atoms with E-state index < -0.39 is 23.8 Å². The molecule has 28 heavy (non-hydrogen) atoms. The van der Waals surface area contributed by atoms with Gasteiger partial charge in [-0.3, -0.25) is 0 Å². The van der Waals surface area contributed by atoms with E-state index >= 15 is 0 Å². The highest BCUT2D eigenvalue weighted by Gasteiger charge is 2.30. The Labute approximate surface area is 156 Å². The smallest absolute Gasteiger partial charge is 0.406 e. The Bertz CT molecular complexity index is 1060. The molecule has 0 atom stereocenters. The van der Waals surface area contributed by atoms with Crippen molar-refractivity contribution in [2.24, 2.45) is 0 Å². The van der Waals surface area contributed by atoms with Crippen molar-refractivity contribution in [1.29, 1.82) is 0 Å². The van der Waals surface area contributed by atoms with Crippen LogP contribution >= 0.6 is 0 Å². The van der Waals surface area contributed by atoms with Gasteiger partial charge in [0.1, 0.15) is 11.6 Å². The topological polar surface area (TPSA) is 9.23 Å². The fourth-order valence-electron chi connectivity index (χ4n) is 2.37. The zero-order chi connectivity index (χ0) is 20.3. The molecule has 142 valence electrons. The Hall–Kier alpha value is -3.40. The van der Waals surface area contributed by atoms with Crippen LogP contribution in [-0.4, -0.2) is 6.36 Å². The molecule has 0 aliphatic carbocycles. The normalized spacial score (nSPS) is 10.9. The summed E-state index contributed by atoms with van der Waals surface area (Å²) < 4.78 is 80.7. The fourth-order valence-corrected chi connectivity index (χ4v) is 2.37. The molecule has 0 saturated heterocycles. The third-order valence-corrected chi connectivity index (χ3v) is 3.64. The van der Waals surface area contributed by atoms with Gasteiger partial charge in [0.15, 0.2) is 11.6 Å². The molecule has 0 aromatic heterocycles. The second kappa shape index (κ2) is 7.69. The van der Waals surface area contributed by atoms with Gasteiger partial charge < -0.3 is 4.74 Å². The Balaban J connectivity index is 1.79. The van der Waals surface area contributed by atoms with Crippen LogP contribution in [0, 0.1) is 29.3 Å². The van der Waals surface area contributed by atoms with Gasteiger partial charge >= 0.3 is 6.36 Å². The SMILES string of the molecule is Fc1ccc(-c2ccc(C#Cc3ccc(OC(F)(F)F)cc3)cc2F)cc1F. The average Bonchev–Trinajstić information content (AvgIpc) is 2.62. The number of ether oxygens (including phenoxy) is 1. The number of alkyl halides is 3. The van der Waals surface area contributed by atoms with Gasteiger partial charge in [-0.2, -0.15) is 0 Å². The number of hydrogen-bond acceptors (Lipinski definition) is 1. The van der Waals surface area contributed by atoms with Crippen molar-refractivity contribution in [3.63, 3.8) is 0 Å². The van der Waals surface area contributed by atoms with Gasteiger partial charge in [0.25, 0.3) is 0 Å². The van der Waals surface area contributed by atoms with Crippen LogP contribution in [-0.2, 0) is 0 Å². The Morgan fingerprint density at radius 3 is 1.89 bits per heavy atom. The third-order valence-electron chi connectivity index (χ3n) is 3.64. The van der Waals surface area contributed by atoms with E-state index in [0.29, 0.717) is 11.1 Å². The fraction of sp³-hybridized carbons (Fsp3) is 0.0476. The van der Waals surface area contributed by atoms with Crippen LogP contribution in [0.4, 0.5) is 26.3 Å². The molecule has 0 spiro atoms. The summed E-state index contributed by atoms with van der Waals surface area (Å²) in [6.07, 6.45) is -4.78. The van der Waals surface area contributed by atoms with Crippen molar-refractivity contribution in [3.05, 3.63) is 89.2 Å². The molecule has 3 aromatic carbocycles. The van der Waals surface area contributed by atoms with Crippen LogP contribution in [0.25, 0.3) is 11.1 Å². The molecule has 0 bridgehead atoms. The molecule has 0 unspecified atom stereocenters. The van der Waals surface area contributed by atoms with Crippen molar-refractivity contribution in [2.75, 3.05) is 0 Å². The van der Waals surface area contributed by atoms with E-state index in [1.165, 1.54) is 30.3 Å². The van der Waals surface area contributed by atoms with Gasteiger partial charge in [0.05, 0.1) is 0 Å². The average molecular weight is 392 g/mol. The van der Waals surface area contributed by atoms with E-state index in [4.69, 9.17) is 0 Å². The third kappa shape index (κ3) is 4.86. The lowest BCUT2D eigenvalue weighted by Gasteiger charge is -2.08. The lowest BCUT2D eigenvalue weighted by atomic mass is 10.0. The van der Waals surface area contributed by atoms with E-state index in [2.05, 4.69) is 16.6 Å². The second-order valence-electron chi connectivity index (χ2n) is 5.65. The largest absolute Gasteiger partial charge is 0.573 e. The first-order chi connectivity index (χ1) is 13.2. The van der Waals surface area contributed by atoms with E-state index in [1.54, 1.807) is 0 Å². The van der Waals surface area contributed by atoms with Gasteiger partial charge in [-0.15, -0.1) is 13.2 Å². The highest BCUT2D eigenvalue weighted by Crippen LogP contribution is 2.25. The first kappa shape index (κ1) is 19.4. The minimum Gasteiger partial charge on any atom is -0.406 e. The van der Waals surface area contributed by atoms with Crippen LogP contribution < -0.4 is 4.74 Å². The summed E-state index contributed by atoms with van der Waals surface area (Å²) in [7, 11) is 0. The van der Waals surface area contributed by atoms with Crippen molar-refractivity contribution in [3.8, 4) is 28.7 Å². The van der Waals surface area contributed by atoms with Gasteiger partial charge in [-0.05, 0) is 54.1 Å². The Morgan fingerprint density at radius 2 is 1.29 bits per heavy atom. The maximum Gasteiger partial charge on any atom is 0.573 e. The van der Waals surface area contributed by atoms with Crippen molar-refractivity contribution < 1.29 is 31.1 Å². The predicted octanol–water partition coefficient (Wildman–Crippen LogP) is 6.07. The second-order valence-corrected chi connectivity index (χ2v) is 5.65. The highest BCUT2D eigenvalue weighted by molar-refractivity contribution is 5.65. The van der Waals surface area contributed by atoms with E-state index in [-0.39, 0.29) is 16.9 Å². The lowest BCUT2D eigenvalue weighted by Crippen LogP contribution is -2.16. The summed E-state index contributed by atoms with van der Waals surface area (Å²) >= 11 is 0. The molecule has 0 heterocycles. The summed E-state index contributed by atoms with van der Waals surface area (Å²) in [4.78, 5) is 0. The summed E-state index contributed by atoms with van der Waals surface area (Å²) in [5, 5.41) is 0. The van der Waals surface area contributed by atoms with Crippen LogP contribution in [0.1, 0.15) is 11.1 Å². The van der Waals surface area contributed by atoms with Gasteiger partial charge in [0.2, 0.25) is 0 Å². The first-order valence-electron chi connectivity index (χ1n) is 7.84. The molecule has 0 aliphatic rings. The monoisotopic (exact) mass is 392 g/mol. The zero-order valence-electron chi connectivity index (χ0n) is 13.9. The summed E-state index contributed by atoms with van der Waals surface area (Å²) in [6.45, 7) is 0. The molecule has 0 radical (unpaired) electrons. The van der Waals surface area contributed by atoms with Crippen molar-refractivity contribution in [1.82, 2.24) is 0 Å². The molecular weight excluding hydrogens is 382 g/mol. The van der Waals surface area contributed by atoms with Crippen LogP contribution in [0.2, 0.25) is 0 Å². The van der Waals surface area contributed by atoms with E-state index in [0.717, 1.165) is 30.3 Å². The predicted molar refractivity (Wildman–Crippen MR) is 90.9 cm³/mol. The van der Waals surface area contributed by atoms with Gasteiger partial charge in [-0.1, -0.05) is 24.0 Å². The maximum absolute atomic E-state index is 14.3. The molecule has 1 nitrogen and oxygen atoms in total. The summed E-state index contributed by atoms with van der Waals surface area (Å²) in [6, 6.07) is 12.0. The van der Waals surface area contributed by atoms with Crippen LogP contribution in [0.3, 0.4) is 0 Å². The van der Waals surface area contributed by atoms with E-state index in [1.807, 2.05) is 0 Å². The standard InChI is InChI=1S/C21H10F6O/c22-18-10-6-15(12-20(18)24)17-9-5-14(11-19(17)23)2-1-13-3-7-16(8-4-13)28-21(25,26)27/h3-12H. The van der Waals surface area contributed by atoms with Gasteiger partial charge in [0, 0.05) is 16.7 Å².